The SMILES string of the molecule is O=C1C[N+](=O)C(=O)N1. The molecule has 1 aliphatic rings. The van der Waals surface area contributed by atoms with Crippen molar-refractivity contribution in [1.82, 2.24) is 5.32 Å². The molecule has 1 rings (SSSR count). The van der Waals surface area contributed by atoms with Crippen LogP contribution in [0.4, 0.5) is 4.79 Å². The molecule has 1 saturated heterocycles. The van der Waals surface area contributed by atoms with E-state index in [-0.39, 0.29) is 11.3 Å². The fourth-order valence-electron chi connectivity index (χ4n) is 0.423. The van der Waals surface area contributed by atoms with Gasteiger partial charge in [-0.1, -0.05) is 4.91 Å². The molecule has 0 radical (unpaired) electrons. The Balaban J connectivity index is 2.79. The number of nitrogens with zero attached hydrogens (tertiary/aromatic N) is 1. The Kier molecular flexibility index (Phi) is 0.831. The molecule has 0 aromatic rings. The molecule has 5 nitrogen and oxygen atoms in total. The van der Waals surface area contributed by atoms with Crippen LogP contribution in [-0.2, 0) is 4.79 Å². The Labute approximate surface area is 44.2 Å². The zero-order valence-corrected chi connectivity index (χ0v) is 3.88. The molecule has 0 spiro atoms. The van der Waals surface area contributed by atoms with Gasteiger partial charge in [0.15, 0.2) is 0 Å². The van der Waals surface area contributed by atoms with Crippen molar-refractivity contribution in [2.75, 3.05) is 6.54 Å². The molecule has 0 unspecified atom stereocenters. The topological polar surface area (TPSA) is 66.2 Å². The van der Waals surface area contributed by atoms with E-state index in [1.54, 1.807) is 5.32 Å². The zero-order valence-electron chi connectivity index (χ0n) is 3.88. The highest BCUT2D eigenvalue weighted by Crippen LogP contribution is 1.85. The van der Waals surface area contributed by atoms with Gasteiger partial charge in [-0.25, -0.2) is 4.79 Å². The van der Waals surface area contributed by atoms with Crippen molar-refractivity contribution in [2.45, 2.75) is 0 Å². The third-order valence-corrected chi connectivity index (χ3v) is 0.760. The first-order valence-electron chi connectivity index (χ1n) is 1.98. The van der Waals surface area contributed by atoms with Crippen molar-refractivity contribution >= 4 is 11.9 Å². The second-order valence-electron chi connectivity index (χ2n) is 1.39. The van der Waals surface area contributed by atoms with Crippen molar-refractivity contribution in [3.63, 3.8) is 0 Å². The number of urea groups is 1. The van der Waals surface area contributed by atoms with Crippen LogP contribution in [0.1, 0.15) is 0 Å². The van der Waals surface area contributed by atoms with E-state index in [1.165, 1.54) is 0 Å². The lowest BCUT2D eigenvalue weighted by Gasteiger charge is -1.66. The number of nitrogens with one attached hydrogen (secondary N) is 1. The van der Waals surface area contributed by atoms with E-state index >= 15 is 0 Å². The second kappa shape index (κ2) is 1.36. The van der Waals surface area contributed by atoms with E-state index in [2.05, 4.69) is 0 Å². The maximum Gasteiger partial charge on any atom is 0.537 e. The molecule has 0 atom stereocenters. The predicted molar refractivity (Wildman–Crippen MR) is 22.0 cm³/mol. The van der Waals surface area contributed by atoms with Gasteiger partial charge in [-0.2, -0.15) is 10.1 Å². The number of hydrogen-bond acceptors (Lipinski definition) is 3. The normalized spacial score (nSPS) is 19.2. The molecule has 0 aromatic heterocycles. The monoisotopic (exact) mass is 115 g/mol. The highest BCUT2D eigenvalue weighted by atomic mass is 16.3. The zero-order chi connectivity index (χ0) is 6.15. The van der Waals surface area contributed by atoms with Gasteiger partial charge < -0.3 is 0 Å². The van der Waals surface area contributed by atoms with Crippen LogP contribution in [0.15, 0.2) is 0 Å². The van der Waals surface area contributed by atoms with Crippen molar-refractivity contribution in [2.24, 2.45) is 0 Å². The minimum absolute atomic E-state index is 0.0718. The Bertz CT molecular complexity index is 155. The molecule has 1 heterocycles. The minimum Gasteiger partial charge on any atom is -0.242 e. The summed E-state index contributed by atoms with van der Waals surface area (Å²) in [6.07, 6.45) is 0. The summed E-state index contributed by atoms with van der Waals surface area (Å²) < 4.78 is 0.0718. The highest BCUT2D eigenvalue weighted by molar-refractivity contribution is 5.95. The molecule has 3 amide bonds. The summed E-state index contributed by atoms with van der Waals surface area (Å²) in [6, 6.07) is -0.866. The summed E-state index contributed by atoms with van der Waals surface area (Å²) in [4.78, 5) is 30.2. The summed E-state index contributed by atoms with van der Waals surface area (Å²) in [7, 11) is 0. The van der Waals surface area contributed by atoms with Gasteiger partial charge in [0, 0.05) is 4.76 Å². The Morgan fingerprint density at radius 3 is 2.25 bits per heavy atom. The van der Waals surface area contributed by atoms with Gasteiger partial charge in [0.2, 0.25) is 6.54 Å². The molecule has 5 heteroatoms. The molecule has 0 bridgehead atoms. The summed E-state index contributed by atoms with van der Waals surface area (Å²) in [5.74, 6) is -0.537. The maximum absolute atomic E-state index is 10.1. The van der Waals surface area contributed by atoms with Gasteiger partial charge in [-0.15, -0.1) is 0 Å². The van der Waals surface area contributed by atoms with E-state index in [4.69, 9.17) is 0 Å². The van der Waals surface area contributed by atoms with Gasteiger partial charge >= 0.3 is 11.9 Å². The van der Waals surface area contributed by atoms with Crippen LogP contribution in [0.2, 0.25) is 0 Å². The fourth-order valence-corrected chi connectivity index (χ4v) is 0.423. The van der Waals surface area contributed by atoms with E-state index < -0.39 is 11.9 Å². The molecule has 8 heavy (non-hydrogen) atoms. The summed E-state index contributed by atoms with van der Waals surface area (Å²) in [5, 5.41) is 1.80. The second-order valence-corrected chi connectivity index (χ2v) is 1.39. The average Bonchev–Trinajstić information content (AvgIpc) is 1.85. The van der Waals surface area contributed by atoms with E-state index in [0.717, 1.165) is 0 Å². The van der Waals surface area contributed by atoms with Gasteiger partial charge in [-0.05, 0) is 0 Å². The number of carbonyl (C=O) groups is 2. The number of imide groups is 1. The van der Waals surface area contributed by atoms with Crippen LogP contribution < -0.4 is 5.32 Å². The average molecular weight is 115 g/mol. The third-order valence-electron chi connectivity index (χ3n) is 0.760. The van der Waals surface area contributed by atoms with Crippen molar-refractivity contribution in [3.8, 4) is 0 Å². The number of hydrogen-bond donors (Lipinski definition) is 1. The number of amides is 3. The number of rotatable bonds is 0. The van der Waals surface area contributed by atoms with E-state index in [9.17, 15) is 14.5 Å². The molecule has 1 fully saturated rings. The summed E-state index contributed by atoms with van der Waals surface area (Å²) in [5.41, 5.74) is 0. The van der Waals surface area contributed by atoms with Gasteiger partial charge in [0.25, 0.3) is 0 Å². The number of carbonyl (C=O) groups excluding carboxylic acids is 2. The number of nitroso groups, excluding NO2 is 1. The van der Waals surface area contributed by atoms with Crippen LogP contribution in [-0.4, -0.2) is 23.2 Å². The fraction of sp³-hybridized carbons (Fsp3) is 0.333. The molecule has 0 aliphatic carbocycles. The Morgan fingerprint density at radius 1 is 1.50 bits per heavy atom. The molecule has 1 N–H and O–H groups in total. The predicted octanol–water partition coefficient (Wildman–Crippen LogP) is -0.985. The lowest BCUT2D eigenvalue weighted by atomic mass is 10.7. The third kappa shape index (κ3) is 0.575. The first-order valence-corrected chi connectivity index (χ1v) is 1.98. The molecular formula is C3H3N2O3+. The van der Waals surface area contributed by atoms with E-state index in [1.807, 2.05) is 0 Å². The lowest BCUT2D eigenvalue weighted by molar-refractivity contribution is -0.426. The molecule has 42 valence electrons. The van der Waals surface area contributed by atoms with Gasteiger partial charge in [-0.3, -0.25) is 0 Å². The lowest BCUT2D eigenvalue weighted by Crippen LogP contribution is -2.20. The Hall–Kier alpha value is -1.26. The standard InChI is InChI=1S/C3H2N2O3/c6-2-1-5(8)3(7)4-2/h1H2/p+1. The molecule has 0 saturated carbocycles. The van der Waals surface area contributed by atoms with Crippen molar-refractivity contribution < 1.29 is 14.3 Å². The maximum atomic E-state index is 10.1. The highest BCUT2D eigenvalue weighted by Gasteiger charge is 2.35. The molecular weight excluding hydrogens is 112 g/mol. The first kappa shape index (κ1) is 4.89. The largest absolute Gasteiger partial charge is 0.537 e. The van der Waals surface area contributed by atoms with Crippen molar-refractivity contribution in [3.05, 3.63) is 4.91 Å². The summed E-state index contributed by atoms with van der Waals surface area (Å²) >= 11 is 0. The first-order chi connectivity index (χ1) is 3.70. The molecule has 1 aliphatic heterocycles. The Morgan fingerprint density at radius 2 is 2.12 bits per heavy atom. The van der Waals surface area contributed by atoms with Crippen LogP contribution in [0.5, 0.6) is 0 Å². The van der Waals surface area contributed by atoms with Crippen LogP contribution in [0, 0.1) is 4.91 Å². The van der Waals surface area contributed by atoms with Gasteiger partial charge in [0.1, 0.15) is 0 Å². The van der Waals surface area contributed by atoms with E-state index in [0.29, 0.717) is 0 Å². The van der Waals surface area contributed by atoms with Crippen LogP contribution in [0.25, 0.3) is 0 Å². The minimum atomic E-state index is -0.866. The van der Waals surface area contributed by atoms with Crippen LogP contribution in [0.3, 0.4) is 0 Å². The van der Waals surface area contributed by atoms with Crippen LogP contribution >= 0.6 is 0 Å². The smallest absolute Gasteiger partial charge is 0.242 e. The van der Waals surface area contributed by atoms with Gasteiger partial charge in [0.05, 0.1) is 0 Å². The molecule has 0 aromatic carbocycles. The quantitative estimate of drug-likeness (QED) is 0.325. The summed E-state index contributed by atoms with van der Waals surface area (Å²) in [6.45, 7) is -0.362. The van der Waals surface area contributed by atoms with Crippen molar-refractivity contribution in [1.29, 1.82) is 0 Å².